The van der Waals surface area contributed by atoms with Crippen molar-refractivity contribution in [1.29, 1.82) is 0 Å². The predicted octanol–water partition coefficient (Wildman–Crippen LogP) is 3.01. The Morgan fingerprint density at radius 2 is 1.26 bits per heavy atom. The molecule has 0 aliphatic rings. The van der Waals surface area contributed by atoms with Crippen LogP contribution in [0.1, 0.15) is 91.4 Å². The summed E-state index contributed by atoms with van der Waals surface area (Å²) in [6.07, 6.45) is 15.4. The quantitative estimate of drug-likeness (QED) is 0.236. The van der Waals surface area contributed by atoms with E-state index in [9.17, 15) is 0 Å². The van der Waals surface area contributed by atoms with E-state index in [0.717, 1.165) is 17.8 Å². The first-order chi connectivity index (χ1) is 10.5. The Bertz CT molecular complexity index is 234. The average molecular weight is 350 g/mol. The number of ether oxygens (including phenoxy) is 1. The largest absolute Gasteiger partial charge is 1.00 e. The van der Waals surface area contributed by atoms with Crippen molar-refractivity contribution in [3.8, 4) is 0 Å². The minimum atomic E-state index is 0. The zero-order valence-electron chi connectivity index (χ0n) is 16.7. The standard InChI is InChI=1S/C20H44NO.ClH/c1-6-8-9-10-11-12-13-14-15-16-17-21(4,5)19-22-18-20(3)7-2;/h20H,6-19H2,1-5H3;1H/q+1;/p-1. The van der Waals surface area contributed by atoms with Gasteiger partial charge < -0.3 is 21.6 Å². The van der Waals surface area contributed by atoms with E-state index in [1.807, 2.05) is 0 Å². The second-order valence-corrected chi connectivity index (χ2v) is 7.85. The van der Waals surface area contributed by atoms with Gasteiger partial charge in [-0.05, 0) is 18.8 Å². The van der Waals surface area contributed by atoms with Crippen molar-refractivity contribution in [2.75, 3.05) is 34.0 Å². The van der Waals surface area contributed by atoms with Crippen LogP contribution in [0.4, 0.5) is 0 Å². The fourth-order valence-corrected chi connectivity index (χ4v) is 2.71. The van der Waals surface area contributed by atoms with E-state index in [1.165, 1.54) is 77.2 Å². The van der Waals surface area contributed by atoms with Crippen LogP contribution in [0.2, 0.25) is 0 Å². The molecule has 0 aliphatic heterocycles. The fourth-order valence-electron chi connectivity index (χ4n) is 2.71. The number of hydrogen-bond acceptors (Lipinski definition) is 1. The molecule has 2 nitrogen and oxygen atoms in total. The Labute approximate surface area is 153 Å². The number of nitrogens with zero attached hydrogens (tertiary/aromatic N) is 1. The minimum Gasteiger partial charge on any atom is -1.00 e. The van der Waals surface area contributed by atoms with Gasteiger partial charge in [0, 0.05) is 0 Å². The van der Waals surface area contributed by atoms with Crippen LogP contribution in [0.5, 0.6) is 0 Å². The average Bonchev–Trinajstić information content (AvgIpc) is 2.48. The minimum absolute atomic E-state index is 0. The van der Waals surface area contributed by atoms with Gasteiger partial charge in [0.15, 0.2) is 6.73 Å². The van der Waals surface area contributed by atoms with E-state index in [1.54, 1.807) is 0 Å². The highest BCUT2D eigenvalue weighted by molar-refractivity contribution is 4.48. The van der Waals surface area contributed by atoms with Crippen molar-refractivity contribution in [2.24, 2.45) is 5.92 Å². The van der Waals surface area contributed by atoms with E-state index in [4.69, 9.17) is 4.74 Å². The normalized spacial score (nSPS) is 12.9. The molecule has 0 saturated heterocycles. The summed E-state index contributed by atoms with van der Waals surface area (Å²) < 4.78 is 6.87. The molecular formula is C20H44ClNO. The summed E-state index contributed by atoms with van der Waals surface area (Å²) in [5.74, 6) is 0.692. The lowest BCUT2D eigenvalue weighted by molar-refractivity contribution is -0.910. The van der Waals surface area contributed by atoms with E-state index >= 15 is 0 Å². The Hall–Kier alpha value is 0.210. The van der Waals surface area contributed by atoms with Crippen LogP contribution >= 0.6 is 0 Å². The molecule has 0 rings (SSSR count). The Balaban J connectivity index is 0. The third-order valence-corrected chi connectivity index (χ3v) is 4.66. The van der Waals surface area contributed by atoms with E-state index in [0.29, 0.717) is 5.92 Å². The van der Waals surface area contributed by atoms with Crippen LogP contribution in [0.25, 0.3) is 0 Å². The molecule has 0 spiro atoms. The highest BCUT2D eigenvalue weighted by Gasteiger charge is 2.14. The summed E-state index contributed by atoms with van der Waals surface area (Å²) in [7, 11) is 4.59. The molecule has 0 aromatic rings. The predicted molar refractivity (Wildman–Crippen MR) is 99.1 cm³/mol. The molecule has 23 heavy (non-hydrogen) atoms. The first-order valence-corrected chi connectivity index (χ1v) is 9.91. The van der Waals surface area contributed by atoms with Gasteiger partial charge in [-0.1, -0.05) is 78.6 Å². The number of quaternary nitrogens is 1. The van der Waals surface area contributed by atoms with Crippen LogP contribution in [-0.4, -0.2) is 38.5 Å². The Morgan fingerprint density at radius 1 is 0.783 bits per heavy atom. The number of halogens is 1. The molecule has 0 radical (unpaired) electrons. The number of hydrogen-bond donors (Lipinski definition) is 0. The van der Waals surface area contributed by atoms with Gasteiger partial charge in [0.25, 0.3) is 0 Å². The van der Waals surface area contributed by atoms with Gasteiger partial charge in [0.05, 0.1) is 27.2 Å². The van der Waals surface area contributed by atoms with Crippen LogP contribution in [-0.2, 0) is 4.74 Å². The van der Waals surface area contributed by atoms with Crippen molar-refractivity contribution in [2.45, 2.75) is 91.4 Å². The molecule has 1 unspecified atom stereocenters. The van der Waals surface area contributed by atoms with E-state index in [2.05, 4.69) is 34.9 Å². The third-order valence-electron chi connectivity index (χ3n) is 4.66. The lowest BCUT2D eigenvalue weighted by Gasteiger charge is -2.29. The van der Waals surface area contributed by atoms with Crippen LogP contribution in [0.3, 0.4) is 0 Å². The smallest absolute Gasteiger partial charge is 0.182 e. The first-order valence-electron chi connectivity index (χ1n) is 9.91. The second kappa shape index (κ2) is 17.0. The summed E-state index contributed by atoms with van der Waals surface area (Å²) in [4.78, 5) is 0. The summed E-state index contributed by atoms with van der Waals surface area (Å²) in [5, 5.41) is 0. The van der Waals surface area contributed by atoms with E-state index < -0.39 is 0 Å². The molecule has 1 atom stereocenters. The fraction of sp³-hybridized carbons (Fsp3) is 1.00. The number of unbranched alkanes of at least 4 members (excludes halogenated alkanes) is 9. The highest BCUT2D eigenvalue weighted by Crippen LogP contribution is 2.12. The van der Waals surface area contributed by atoms with Crippen LogP contribution < -0.4 is 12.4 Å². The summed E-state index contributed by atoms with van der Waals surface area (Å²) >= 11 is 0. The first kappa shape index (κ1) is 25.5. The molecule has 0 N–H and O–H groups in total. The maximum Gasteiger partial charge on any atom is 0.182 e. The highest BCUT2D eigenvalue weighted by atomic mass is 35.5. The van der Waals surface area contributed by atoms with E-state index in [-0.39, 0.29) is 12.4 Å². The molecule has 0 fully saturated rings. The molecule has 0 bridgehead atoms. The molecule has 0 aliphatic carbocycles. The van der Waals surface area contributed by atoms with Gasteiger partial charge in [0.1, 0.15) is 0 Å². The van der Waals surface area contributed by atoms with Crippen LogP contribution in [0.15, 0.2) is 0 Å². The lowest BCUT2D eigenvalue weighted by atomic mass is 10.1. The van der Waals surface area contributed by atoms with Gasteiger partial charge in [-0.15, -0.1) is 0 Å². The van der Waals surface area contributed by atoms with Crippen molar-refractivity contribution in [3.05, 3.63) is 0 Å². The molecule has 142 valence electrons. The summed E-state index contributed by atoms with van der Waals surface area (Å²) in [6, 6.07) is 0. The maximum absolute atomic E-state index is 5.87. The van der Waals surface area contributed by atoms with Crippen molar-refractivity contribution >= 4 is 0 Å². The Kier molecular flexibility index (Phi) is 18.9. The van der Waals surface area contributed by atoms with Gasteiger partial charge in [-0.25, -0.2) is 0 Å². The van der Waals surface area contributed by atoms with Gasteiger partial charge in [-0.3, -0.25) is 0 Å². The van der Waals surface area contributed by atoms with Gasteiger partial charge >= 0.3 is 0 Å². The van der Waals surface area contributed by atoms with Crippen molar-refractivity contribution in [3.63, 3.8) is 0 Å². The maximum atomic E-state index is 5.87. The second-order valence-electron chi connectivity index (χ2n) is 7.85. The Morgan fingerprint density at radius 3 is 1.74 bits per heavy atom. The molecule has 0 amide bonds. The molecular weight excluding hydrogens is 306 g/mol. The zero-order chi connectivity index (χ0) is 16.7. The van der Waals surface area contributed by atoms with Crippen LogP contribution in [0, 0.1) is 5.92 Å². The number of rotatable bonds is 16. The molecule has 0 heterocycles. The monoisotopic (exact) mass is 349 g/mol. The molecule has 0 saturated carbocycles. The zero-order valence-corrected chi connectivity index (χ0v) is 17.5. The third kappa shape index (κ3) is 18.4. The summed E-state index contributed by atoms with van der Waals surface area (Å²) in [6.45, 7) is 9.81. The molecule has 0 aromatic carbocycles. The topological polar surface area (TPSA) is 9.23 Å². The summed E-state index contributed by atoms with van der Waals surface area (Å²) in [5.41, 5.74) is 0. The van der Waals surface area contributed by atoms with Gasteiger partial charge in [0.2, 0.25) is 0 Å². The lowest BCUT2D eigenvalue weighted by Crippen LogP contribution is -3.00. The van der Waals surface area contributed by atoms with Gasteiger partial charge in [-0.2, -0.15) is 0 Å². The molecule has 0 aromatic heterocycles. The van der Waals surface area contributed by atoms with Crippen molar-refractivity contribution in [1.82, 2.24) is 0 Å². The molecule has 3 heteroatoms. The van der Waals surface area contributed by atoms with Crippen molar-refractivity contribution < 1.29 is 21.6 Å². The SMILES string of the molecule is CCCCCCCCCCCC[N+](C)(C)COCC(C)CC.[Cl-].